The molecule has 0 fully saturated rings. The molecule has 0 spiro atoms. The fourth-order valence-electron chi connectivity index (χ4n) is 2.89. The van der Waals surface area contributed by atoms with Crippen LogP contribution in [0, 0.1) is 0 Å². The Bertz CT molecular complexity index is 1110. The van der Waals surface area contributed by atoms with Crippen LogP contribution in [0.1, 0.15) is 22.8 Å². The van der Waals surface area contributed by atoms with Crippen molar-refractivity contribution in [2.45, 2.75) is 23.1 Å². The lowest BCUT2D eigenvalue weighted by Crippen LogP contribution is -2.26. The van der Waals surface area contributed by atoms with Crippen LogP contribution in [0.25, 0.3) is 0 Å². The Balaban J connectivity index is 1.73. The van der Waals surface area contributed by atoms with E-state index >= 15 is 0 Å². The Labute approximate surface area is 182 Å². The monoisotopic (exact) mass is 440 g/mol. The molecular weight excluding hydrogens is 416 g/mol. The molecule has 0 saturated heterocycles. The normalized spacial score (nSPS) is 11.2. The quantitative estimate of drug-likeness (QED) is 0.522. The van der Waals surface area contributed by atoms with E-state index in [0.29, 0.717) is 11.3 Å². The number of amides is 1. The maximum absolute atomic E-state index is 12.9. The van der Waals surface area contributed by atoms with Crippen LogP contribution < -0.4 is 9.62 Å². The average Bonchev–Trinajstić information content (AvgIpc) is 2.79. The summed E-state index contributed by atoms with van der Waals surface area (Å²) in [6, 6.07) is 21.0. The number of aryl methyl sites for hydroxylation is 1. The minimum Gasteiger partial charge on any atom is -0.322 e. The molecule has 0 bridgehead atoms. The molecule has 0 atom stereocenters. The average molecular weight is 441 g/mol. The first-order valence-electron chi connectivity index (χ1n) is 9.48. The van der Waals surface area contributed by atoms with Crippen LogP contribution in [0.2, 0.25) is 0 Å². The second-order valence-electron chi connectivity index (χ2n) is 6.70. The minimum absolute atomic E-state index is 0.222. The number of benzene rings is 3. The van der Waals surface area contributed by atoms with Gasteiger partial charge in [-0.2, -0.15) is 0 Å². The number of nitrogens with one attached hydrogen (secondary N) is 1. The standard InChI is InChI=1S/C23H24N2O3S2/c1-4-17-5-9-19(10-6-17)24-23(26)18-7-11-20(12-8-18)25(2)30(27,28)22-15-13-21(29-3)14-16-22/h5-16H,4H2,1-3H3,(H,24,26). The van der Waals surface area contributed by atoms with Gasteiger partial charge in [-0.3, -0.25) is 9.10 Å². The first-order chi connectivity index (χ1) is 14.3. The Morgan fingerprint density at radius 1 is 0.933 bits per heavy atom. The van der Waals surface area contributed by atoms with Gasteiger partial charge in [0, 0.05) is 23.2 Å². The smallest absolute Gasteiger partial charge is 0.264 e. The van der Waals surface area contributed by atoms with Crippen molar-refractivity contribution in [2.75, 3.05) is 22.9 Å². The van der Waals surface area contributed by atoms with Gasteiger partial charge in [-0.25, -0.2) is 8.42 Å². The summed E-state index contributed by atoms with van der Waals surface area (Å²) in [5.41, 5.74) is 2.85. The van der Waals surface area contributed by atoms with Crippen LogP contribution in [0.15, 0.2) is 82.6 Å². The second kappa shape index (κ2) is 9.36. The molecule has 3 rings (SSSR count). The van der Waals surface area contributed by atoms with E-state index in [0.717, 1.165) is 17.0 Å². The van der Waals surface area contributed by atoms with Gasteiger partial charge in [0.1, 0.15) is 0 Å². The van der Waals surface area contributed by atoms with Crippen LogP contribution in [0.4, 0.5) is 11.4 Å². The summed E-state index contributed by atoms with van der Waals surface area (Å²) in [5, 5.41) is 2.85. The lowest BCUT2D eigenvalue weighted by molar-refractivity contribution is 0.102. The van der Waals surface area contributed by atoms with E-state index in [1.807, 2.05) is 30.5 Å². The molecule has 1 amide bonds. The fraction of sp³-hybridized carbons (Fsp3) is 0.174. The third-order valence-corrected chi connectivity index (χ3v) is 7.37. The van der Waals surface area contributed by atoms with Crippen molar-refractivity contribution in [3.05, 3.63) is 83.9 Å². The maximum atomic E-state index is 12.9. The van der Waals surface area contributed by atoms with Crippen molar-refractivity contribution in [2.24, 2.45) is 0 Å². The fourth-order valence-corrected chi connectivity index (χ4v) is 4.50. The molecule has 0 aliphatic heterocycles. The van der Waals surface area contributed by atoms with Gasteiger partial charge in [0.05, 0.1) is 10.6 Å². The first kappa shape index (κ1) is 21.9. The number of hydrogen-bond acceptors (Lipinski definition) is 4. The van der Waals surface area contributed by atoms with Crippen LogP contribution in [-0.4, -0.2) is 27.6 Å². The molecule has 0 aliphatic rings. The summed E-state index contributed by atoms with van der Waals surface area (Å²) in [6.07, 6.45) is 2.88. The van der Waals surface area contributed by atoms with Gasteiger partial charge in [0.2, 0.25) is 0 Å². The SMILES string of the molecule is CCc1ccc(NC(=O)c2ccc(N(C)S(=O)(=O)c3ccc(SC)cc3)cc2)cc1. The number of sulfonamides is 1. The zero-order valence-electron chi connectivity index (χ0n) is 17.1. The number of rotatable bonds is 7. The third-order valence-electron chi connectivity index (χ3n) is 4.83. The third kappa shape index (κ3) is 4.86. The molecule has 156 valence electrons. The maximum Gasteiger partial charge on any atom is 0.264 e. The van der Waals surface area contributed by atoms with Gasteiger partial charge in [-0.05, 0) is 78.9 Å². The van der Waals surface area contributed by atoms with E-state index in [-0.39, 0.29) is 10.8 Å². The zero-order valence-corrected chi connectivity index (χ0v) is 18.8. The summed E-state index contributed by atoms with van der Waals surface area (Å²) in [6.45, 7) is 2.08. The summed E-state index contributed by atoms with van der Waals surface area (Å²) in [4.78, 5) is 13.7. The van der Waals surface area contributed by atoms with Gasteiger partial charge in [0.25, 0.3) is 15.9 Å². The number of thioether (sulfide) groups is 1. The predicted molar refractivity (Wildman–Crippen MR) is 124 cm³/mol. The van der Waals surface area contributed by atoms with Crippen LogP contribution in [0.3, 0.4) is 0 Å². The lowest BCUT2D eigenvalue weighted by Gasteiger charge is -2.20. The predicted octanol–water partition coefficient (Wildman–Crippen LogP) is 5.05. The van der Waals surface area contributed by atoms with Crippen molar-refractivity contribution < 1.29 is 13.2 Å². The molecule has 3 aromatic rings. The number of carbonyl (C=O) groups is 1. The molecule has 0 unspecified atom stereocenters. The van der Waals surface area contributed by atoms with Crippen molar-refractivity contribution in [3.8, 4) is 0 Å². The molecule has 30 heavy (non-hydrogen) atoms. The van der Waals surface area contributed by atoms with Crippen LogP contribution in [0.5, 0.6) is 0 Å². The largest absolute Gasteiger partial charge is 0.322 e. The summed E-state index contributed by atoms with van der Waals surface area (Å²) in [5.74, 6) is -0.246. The Morgan fingerprint density at radius 3 is 2.07 bits per heavy atom. The minimum atomic E-state index is -3.68. The number of anilines is 2. The van der Waals surface area contributed by atoms with Crippen molar-refractivity contribution in [1.29, 1.82) is 0 Å². The molecule has 3 aromatic carbocycles. The Morgan fingerprint density at radius 2 is 1.53 bits per heavy atom. The number of hydrogen-bond donors (Lipinski definition) is 1. The summed E-state index contributed by atoms with van der Waals surface area (Å²) < 4.78 is 27.0. The van der Waals surface area contributed by atoms with E-state index in [4.69, 9.17) is 0 Å². The number of nitrogens with zero attached hydrogens (tertiary/aromatic N) is 1. The topological polar surface area (TPSA) is 66.5 Å². The zero-order chi connectivity index (χ0) is 21.7. The van der Waals surface area contributed by atoms with Gasteiger partial charge in [-0.15, -0.1) is 11.8 Å². The highest BCUT2D eigenvalue weighted by Crippen LogP contribution is 2.24. The molecule has 7 heteroatoms. The molecular formula is C23H24N2O3S2. The van der Waals surface area contributed by atoms with E-state index in [1.54, 1.807) is 60.3 Å². The van der Waals surface area contributed by atoms with Gasteiger partial charge in [0.15, 0.2) is 0 Å². The molecule has 0 saturated carbocycles. The second-order valence-corrected chi connectivity index (χ2v) is 9.55. The van der Waals surface area contributed by atoms with E-state index in [2.05, 4.69) is 12.2 Å². The van der Waals surface area contributed by atoms with Crippen LogP contribution in [-0.2, 0) is 16.4 Å². The van der Waals surface area contributed by atoms with E-state index < -0.39 is 10.0 Å². The first-order valence-corrected chi connectivity index (χ1v) is 12.1. The Hall–Kier alpha value is -2.77. The van der Waals surface area contributed by atoms with Crippen LogP contribution >= 0.6 is 11.8 Å². The Kier molecular flexibility index (Phi) is 6.84. The lowest BCUT2D eigenvalue weighted by atomic mass is 10.1. The highest BCUT2D eigenvalue weighted by atomic mass is 32.2. The highest BCUT2D eigenvalue weighted by Gasteiger charge is 2.21. The van der Waals surface area contributed by atoms with Gasteiger partial charge >= 0.3 is 0 Å². The molecule has 0 aromatic heterocycles. The van der Waals surface area contributed by atoms with Crippen molar-refractivity contribution in [1.82, 2.24) is 0 Å². The molecule has 0 aliphatic carbocycles. The molecule has 1 N–H and O–H groups in total. The summed E-state index contributed by atoms with van der Waals surface area (Å²) in [7, 11) is -2.18. The van der Waals surface area contributed by atoms with Crippen molar-refractivity contribution in [3.63, 3.8) is 0 Å². The summed E-state index contributed by atoms with van der Waals surface area (Å²) >= 11 is 1.55. The van der Waals surface area contributed by atoms with Gasteiger partial charge < -0.3 is 5.32 Å². The number of carbonyl (C=O) groups excluding carboxylic acids is 1. The highest BCUT2D eigenvalue weighted by molar-refractivity contribution is 7.98. The molecule has 0 heterocycles. The molecule has 5 nitrogen and oxygen atoms in total. The molecule has 0 radical (unpaired) electrons. The van der Waals surface area contributed by atoms with Gasteiger partial charge in [-0.1, -0.05) is 19.1 Å². The van der Waals surface area contributed by atoms with Crippen molar-refractivity contribution >= 4 is 39.1 Å². The van der Waals surface area contributed by atoms with E-state index in [1.165, 1.54) is 16.9 Å². The van der Waals surface area contributed by atoms with E-state index in [9.17, 15) is 13.2 Å².